The molecule has 0 aliphatic heterocycles. The van der Waals surface area contributed by atoms with E-state index in [0.29, 0.717) is 0 Å². The smallest absolute Gasteiger partial charge is 0.121 e. The van der Waals surface area contributed by atoms with Crippen molar-refractivity contribution in [3.63, 3.8) is 0 Å². The second kappa shape index (κ2) is 9.44. The highest BCUT2D eigenvalue weighted by atomic mass is 127. The first-order chi connectivity index (χ1) is 7.68. The lowest BCUT2D eigenvalue weighted by atomic mass is 10.6. The molecule has 0 amide bonds. The molecule has 1 atom stereocenters. The summed E-state index contributed by atoms with van der Waals surface area (Å²) in [5.74, 6) is 0. The topological polar surface area (TPSA) is 0 Å². The Morgan fingerprint density at radius 1 is 0.647 bits per heavy atom. The van der Waals surface area contributed by atoms with Crippen LogP contribution in [-0.2, 0) is 0 Å². The summed E-state index contributed by atoms with van der Waals surface area (Å²) in [6.45, 7) is 7.18. The van der Waals surface area contributed by atoms with Gasteiger partial charge in [0.1, 0.15) is 5.09 Å². The molecular weight excluding hydrogens is 827 g/mol. The van der Waals surface area contributed by atoms with Gasteiger partial charge in [-0.25, -0.2) is 0 Å². The van der Waals surface area contributed by atoms with E-state index in [4.69, 9.17) is 0 Å². The summed E-state index contributed by atoms with van der Waals surface area (Å²) < 4.78 is -2.10. The molecule has 0 aliphatic rings. The van der Waals surface area contributed by atoms with Crippen LogP contribution in [0.1, 0.15) is 40.0 Å². The van der Waals surface area contributed by atoms with E-state index in [1.807, 2.05) is 0 Å². The van der Waals surface area contributed by atoms with Gasteiger partial charge in [0.25, 0.3) is 0.0813 Å². The first-order valence-electron chi connectivity index (χ1n) is 6.13. The van der Waals surface area contributed by atoms with E-state index in [1.54, 1.807) is 18.1 Å². The lowest BCUT2D eigenvalue weighted by Gasteiger charge is -2.44. The molecule has 8 heteroatoms. The van der Waals surface area contributed by atoms with E-state index in [-0.39, 0.29) is 0 Å². The second-order valence-corrected chi connectivity index (χ2v) is 85.5. The summed E-state index contributed by atoms with van der Waals surface area (Å²) >= 11 is 14.7. The summed E-state index contributed by atoms with van der Waals surface area (Å²) in [5.41, 5.74) is 0. The molecule has 0 radical (unpaired) electrons. The molecule has 0 spiro atoms. The maximum atomic E-state index is 3.04. The van der Waals surface area contributed by atoms with Crippen molar-refractivity contribution in [2.45, 2.75) is 58.2 Å². The lowest BCUT2D eigenvalue weighted by Crippen LogP contribution is -2.64. The fraction of sp³-hybridized carbons (Fsp3) is 1.00. The Morgan fingerprint density at radius 2 is 1.00 bits per heavy atom. The van der Waals surface area contributed by atoms with Crippen LogP contribution in [0.3, 0.4) is 0 Å². The van der Waals surface area contributed by atoms with Crippen molar-refractivity contribution in [2.75, 3.05) is 0 Å². The molecule has 0 N–H and O–H groups in total. The van der Waals surface area contributed by atoms with Gasteiger partial charge in [-0.05, 0) is 18.1 Å². The Bertz CT molecular complexity index is 227. The first kappa shape index (κ1) is 21.3. The van der Waals surface area contributed by atoms with E-state index >= 15 is 0 Å². The molecule has 17 heavy (non-hydrogen) atoms. The molecule has 0 aliphatic carbocycles. The van der Waals surface area contributed by atoms with Crippen LogP contribution in [0.25, 0.3) is 0 Å². The molecule has 0 saturated heterocycles. The lowest BCUT2D eigenvalue weighted by molar-refractivity contribution is 1.01. The van der Waals surface area contributed by atoms with E-state index in [1.165, 1.54) is 19.3 Å². The van der Waals surface area contributed by atoms with Crippen molar-refractivity contribution in [2.24, 2.45) is 0 Å². The molecule has 0 heterocycles. The van der Waals surface area contributed by atoms with Gasteiger partial charge < -0.3 is 0 Å². The minimum absolute atomic E-state index is 1.02. The quantitative estimate of drug-likeness (QED) is 0.136. The van der Waals surface area contributed by atoms with Crippen LogP contribution in [0, 0.1) is 0 Å². The Hall–Kier alpha value is 4.30. The number of halogens is 5. The zero-order valence-electron chi connectivity index (χ0n) is 10.6. The van der Waals surface area contributed by atoms with Crippen LogP contribution >= 0.6 is 109 Å². The highest BCUT2D eigenvalue weighted by Gasteiger charge is 2.61. The predicted octanol–water partition coefficient (Wildman–Crippen LogP) is 7.38. The Morgan fingerprint density at radius 3 is 1.24 bits per heavy atom. The minimum Gasteiger partial charge on any atom is -0.121 e. The molecule has 0 aromatic heterocycles. The van der Waals surface area contributed by atoms with Gasteiger partial charge in [0.05, 0.1) is 0 Å². The molecule has 0 aromatic carbocycles. The van der Waals surface area contributed by atoms with Gasteiger partial charge >= 0.3 is 0 Å². The van der Waals surface area contributed by atoms with Crippen LogP contribution in [0.15, 0.2) is 0 Å². The van der Waals surface area contributed by atoms with Crippen LogP contribution in [0.4, 0.5) is 0 Å². The number of hydrogen-bond acceptors (Lipinski definition) is 0. The van der Waals surface area contributed by atoms with Gasteiger partial charge in [0, 0.05) is 0 Å². The molecule has 0 saturated carbocycles. The third kappa shape index (κ3) is 5.78. The van der Waals surface area contributed by atoms with E-state index in [0.717, 1.165) is 0 Å². The van der Waals surface area contributed by atoms with Gasteiger partial charge in [0.15, 0.2) is 4.61 Å². The minimum atomic E-state index is -1.05. The van der Waals surface area contributed by atoms with Crippen LogP contribution in [0.2, 0.25) is 18.1 Å². The van der Waals surface area contributed by atoms with Crippen molar-refractivity contribution in [3.8, 4) is 0 Å². The third-order valence-electron chi connectivity index (χ3n) is 3.05. The molecule has 0 rings (SSSR count). The maximum Gasteiger partial charge on any atom is 0.251 e. The van der Waals surface area contributed by atoms with E-state index in [9.17, 15) is 0 Å². The largest absolute Gasteiger partial charge is 0.251 e. The molecule has 1 unspecified atom stereocenters. The summed E-state index contributed by atoms with van der Waals surface area (Å²) in [6, 6.07) is 4.71. The monoisotopic (exact) mass is 848 g/mol. The number of rotatable bonds is 8. The van der Waals surface area contributed by atoms with E-state index < -0.39 is 9.77 Å². The van der Waals surface area contributed by atoms with Gasteiger partial charge in [-0.2, -0.15) is 0 Å². The molecule has 0 aromatic rings. The van der Waals surface area contributed by atoms with E-state index in [2.05, 4.69) is 130 Å². The molecule has 0 bridgehead atoms. The molecule has 104 valence electrons. The van der Waals surface area contributed by atoms with Gasteiger partial charge in [-0.1, -0.05) is 105 Å². The Balaban J connectivity index is 5.36. The average molecular weight is 848 g/mol. The van der Waals surface area contributed by atoms with Crippen molar-refractivity contribution in [1.29, 1.82) is 0 Å². The normalized spacial score (nSPS) is 16.9. The summed E-state index contributed by atoms with van der Waals surface area (Å²) in [5, 5.41) is -1.02. The first-order valence-corrected chi connectivity index (χ1v) is 30.3. The third-order valence-corrected chi connectivity index (χ3v) is 137. The van der Waals surface area contributed by atoms with Crippen molar-refractivity contribution >= 4 is 119 Å². The Labute approximate surface area is 173 Å². The van der Waals surface area contributed by atoms with Gasteiger partial charge in [-0.3, -0.25) is 0 Å². The van der Waals surface area contributed by atoms with Crippen LogP contribution < -0.4 is 0 Å². The van der Waals surface area contributed by atoms with Crippen molar-refractivity contribution in [3.05, 3.63) is 0 Å². The summed E-state index contributed by atoms with van der Waals surface area (Å²) in [7, 11) is 0. The Kier molecular flexibility index (Phi) is 11.8. The SMILES string of the molecule is CCC[Si](I)(CCC)[Si](I)(CCC)[Si](I)(I)I. The predicted molar refractivity (Wildman–Crippen MR) is 133 cm³/mol. The number of hydrogen-bond donors (Lipinski definition) is 0. The summed E-state index contributed by atoms with van der Waals surface area (Å²) in [6.07, 6.45) is 4.22. The van der Waals surface area contributed by atoms with Gasteiger partial charge in [-0.15, -0.1) is 43.6 Å². The highest BCUT2D eigenvalue weighted by Crippen LogP contribution is 2.54. The van der Waals surface area contributed by atoms with Gasteiger partial charge in [0.2, 0.25) is 0 Å². The molecular formula is C9H21I5Si3. The van der Waals surface area contributed by atoms with Crippen LogP contribution in [-0.4, -0.2) is 9.77 Å². The highest BCUT2D eigenvalue weighted by molar-refractivity contribution is 14.4. The zero-order valence-corrected chi connectivity index (χ0v) is 24.4. The summed E-state index contributed by atoms with van der Waals surface area (Å²) in [4.78, 5) is 0. The van der Waals surface area contributed by atoms with Crippen molar-refractivity contribution < 1.29 is 0 Å². The molecule has 0 nitrogen and oxygen atoms in total. The fourth-order valence-corrected chi connectivity index (χ4v) is 137. The zero-order chi connectivity index (χ0) is 13.7. The fourth-order valence-electron chi connectivity index (χ4n) is 2.28. The average Bonchev–Trinajstić information content (AvgIpc) is 2.16. The molecule has 0 fully saturated rings. The van der Waals surface area contributed by atoms with Crippen molar-refractivity contribution in [1.82, 2.24) is 0 Å². The van der Waals surface area contributed by atoms with Crippen LogP contribution in [0.5, 0.6) is 0 Å². The maximum absolute atomic E-state index is 3.04. The standard InChI is InChI=1S/C9H21I5Si3/c1-4-7-15(10,8-5-2)16(11,9-6-3)17(12,13)14/h4-9H2,1-3H3. The second-order valence-electron chi connectivity index (χ2n) is 4.51.